The van der Waals surface area contributed by atoms with E-state index in [0.717, 1.165) is 28.2 Å². The highest BCUT2D eigenvalue weighted by Crippen LogP contribution is 2.38. The molecule has 2 aromatic carbocycles. The monoisotopic (exact) mass is 301 g/mol. The molecule has 0 spiro atoms. The van der Waals surface area contributed by atoms with Crippen LogP contribution in [0, 0.1) is 11.3 Å². The molecule has 23 heavy (non-hydrogen) atoms. The largest absolute Gasteiger partial charge is 0.460 e. The summed E-state index contributed by atoms with van der Waals surface area (Å²) < 4.78 is 6.21. The molecule has 0 radical (unpaired) electrons. The highest BCUT2D eigenvalue weighted by molar-refractivity contribution is 5.80. The second kappa shape index (κ2) is 5.78. The van der Waals surface area contributed by atoms with Gasteiger partial charge in [-0.2, -0.15) is 5.26 Å². The van der Waals surface area contributed by atoms with Crippen molar-refractivity contribution >= 4 is 0 Å². The van der Waals surface area contributed by atoms with Gasteiger partial charge in [0.25, 0.3) is 0 Å². The lowest BCUT2D eigenvalue weighted by Gasteiger charge is -2.14. The van der Waals surface area contributed by atoms with Crippen LogP contribution in [0.25, 0.3) is 22.5 Å². The van der Waals surface area contributed by atoms with Crippen LogP contribution in [0.5, 0.6) is 0 Å². The maximum absolute atomic E-state index is 8.97. The van der Waals surface area contributed by atoms with Crippen LogP contribution in [-0.4, -0.2) is 0 Å². The van der Waals surface area contributed by atoms with Gasteiger partial charge in [-0.05, 0) is 23.8 Å². The first-order valence-electron chi connectivity index (χ1n) is 7.69. The van der Waals surface area contributed by atoms with Gasteiger partial charge in [0.2, 0.25) is 0 Å². The van der Waals surface area contributed by atoms with Gasteiger partial charge in [0.15, 0.2) is 0 Å². The van der Waals surface area contributed by atoms with Crippen molar-refractivity contribution in [2.45, 2.75) is 26.2 Å². The molecule has 0 fully saturated rings. The van der Waals surface area contributed by atoms with Crippen LogP contribution < -0.4 is 0 Å². The maximum atomic E-state index is 8.97. The molecule has 2 heteroatoms. The topological polar surface area (TPSA) is 36.9 Å². The standard InChI is InChI=1S/C21H19NO/c1-21(2,3)19-13-18(16-11-9-15(14-22)10-12-16)20(23-19)17-7-5-4-6-8-17/h4-13H,1-3H3. The molecule has 0 saturated heterocycles. The summed E-state index contributed by atoms with van der Waals surface area (Å²) >= 11 is 0. The van der Waals surface area contributed by atoms with Gasteiger partial charge < -0.3 is 4.42 Å². The number of rotatable bonds is 2. The third-order valence-corrected chi connectivity index (χ3v) is 3.83. The van der Waals surface area contributed by atoms with Gasteiger partial charge >= 0.3 is 0 Å². The van der Waals surface area contributed by atoms with E-state index in [0.29, 0.717) is 5.56 Å². The van der Waals surface area contributed by atoms with Crippen LogP contribution in [0.3, 0.4) is 0 Å². The van der Waals surface area contributed by atoms with Crippen molar-refractivity contribution in [2.75, 3.05) is 0 Å². The minimum absolute atomic E-state index is 0.0611. The second-order valence-electron chi connectivity index (χ2n) is 6.66. The Hall–Kier alpha value is -2.79. The molecule has 0 aliphatic rings. The summed E-state index contributed by atoms with van der Waals surface area (Å²) in [5.41, 5.74) is 3.78. The Labute approximate surface area is 137 Å². The summed E-state index contributed by atoms with van der Waals surface area (Å²) in [7, 11) is 0. The summed E-state index contributed by atoms with van der Waals surface area (Å²) in [6.45, 7) is 6.43. The Kier molecular flexibility index (Phi) is 3.80. The van der Waals surface area contributed by atoms with E-state index in [9.17, 15) is 0 Å². The summed E-state index contributed by atoms with van der Waals surface area (Å²) in [5.74, 6) is 1.83. The zero-order valence-electron chi connectivity index (χ0n) is 13.6. The van der Waals surface area contributed by atoms with E-state index < -0.39 is 0 Å². The number of benzene rings is 2. The summed E-state index contributed by atoms with van der Waals surface area (Å²) in [4.78, 5) is 0. The molecule has 0 aliphatic carbocycles. The minimum atomic E-state index is -0.0611. The highest BCUT2D eigenvalue weighted by Gasteiger charge is 2.23. The number of hydrogen-bond acceptors (Lipinski definition) is 2. The molecule has 0 bridgehead atoms. The highest BCUT2D eigenvalue weighted by atomic mass is 16.3. The van der Waals surface area contributed by atoms with Gasteiger partial charge in [0, 0.05) is 16.5 Å². The lowest BCUT2D eigenvalue weighted by Crippen LogP contribution is -2.09. The average molecular weight is 301 g/mol. The van der Waals surface area contributed by atoms with E-state index in [1.54, 1.807) is 0 Å². The predicted molar refractivity (Wildman–Crippen MR) is 93.0 cm³/mol. The van der Waals surface area contributed by atoms with Crippen LogP contribution in [0.4, 0.5) is 0 Å². The number of nitriles is 1. The quantitative estimate of drug-likeness (QED) is 0.601. The fourth-order valence-corrected chi connectivity index (χ4v) is 2.50. The zero-order valence-corrected chi connectivity index (χ0v) is 13.6. The van der Waals surface area contributed by atoms with Gasteiger partial charge in [-0.3, -0.25) is 0 Å². The van der Waals surface area contributed by atoms with E-state index in [2.05, 4.69) is 45.0 Å². The van der Waals surface area contributed by atoms with Crippen molar-refractivity contribution in [1.29, 1.82) is 5.26 Å². The van der Waals surface area contributed by atoms with Crippen molar-refractivity contribution in [3.05, 3.63) is 72.0 Å². The van der Waals surface area contributed by atoms with Gasteiger partial charge in [-0.15, -0.1) is 0 Å². The molecule has 0 aliphatic heterocycles. The van der Waals surface area contributed by atoms with Crippen molar-refractivity contribution in [3.63, 3.8) is 0 Å². The third-order valence-electron chi connectivity index (χ3n) is 3.83. The zero-order chi connectivity index (χ0) is 16.4. The average Bonchev–Trinajstić information content (AvgIpc) is 3.01. The van der Waals surface area contributed by atoms with Gasteiger partial charge in [0.05, 0.1) is 11.6 Å². The lowest BCUT2D eigenvalue weighted by atomic mass is 9.92. The van der Waals surface area contributed by atoms with Crippen molar-refractivity contribution in [2.24, 2.45) is 0 Å². The van der Waals surface area contributed by atoms with Crippen molar-refractivity contribution in [1.82, 2.24) is 0 Å². The van der Waals surface area contributed by atoms with Gasteiger partial charge in [-0.1, -0.05) is 63.2 Å². The molecule has 0 N–H and O–H groups in total. The number of hydrogen-bond donors (Lipinski definition) is 0. The minimum Gasteiger partial charge on any atom is -0.460 e. The normalized spacial score (nSPS) is 11.2. The molecule has 114 valence electrons. The predicted octanol–water partition coefficient (Wildman–Crippen LogP) is 5.78. The Morgan fingerprint density at radius 2 is 1.52 bits per heavy atom. The SMILES string of the molecule is CC(C)(C)c1cc(-c2ccc(C#N)cc2)c(-c2ccccc2)o1. The van der Waals surface area contributed by atoms with Crippen molar-refractivity contribution < 1.29 is 4.42 Å². The summed E-state index contributed by atoms with van der Waals surface area (Å²) in [5, 5.41) is 8.97. The number of nitrogens with zero attached hydrogens (tertiary/aromatic N) is 1. The third kappa shape index (κ3) is 3.05. The second-order valence-corrected chi connectivity index (χ2v) is 6.66. The van der Waals surface area contributed by atoms with Crippen LogP contribution in [0.1, 0.15) is 32.1 Å². The molecule has 1 heterocycles. The molecule has 0 atom stereocenters. The molecule has 3 aromatic rings. The molecule has 1 aromatic heterocycles. The van der Waals surface area contributed by atoms with E-state index >= 15 is 0 Å². The Bertz CT molecular complexity index is 844. The van der Waals surface area contributed by atoms with Crippen LogP contribution >= 0.6 is 0 Å². The van der Waals surface area contributed by atoms with E-state index in [-0.39, 0.29) is 5.41 Å². The van der Waals surface area contributed by atoms with Gasteiger partial charge in [-0.25, -0.2) is 0 Å². The van der Waals surface area contributed by atoms with Crippen molar-refractivity contribution in [3.8, 4) is 28.5 Å². The summed E-state index contributed by atoms with van der Waals surface area (Å²) in [6.07, 6.45) is 0. The number of furan rings is 1. The molecule has 3 rings (SSSR count). The van der Waals surface area contributed by atoms with Crippen LogP contribution in [0.2, 0.25) is 0 Å². The van der Waals surface area contributed by atoms with Gasteiger partial charge in [0.1, 0.15) is 11.5 Å². The first-order chi connectivity index (χ1) is 11.0. The van der Waals surface area contributed by atoms with E-state index in [4.69, 9.17) is 9.68 Å². The molecule has 0 saturated carbocycles. The van der Waals surface area contributed by atoms with E-state index in [1.807, 2.05) is 42.5 Å². The van der Waals surface area contributed by atoms with E-state index in [1.165, 1.54) is 0 Å². The van der Waals surface area contributed by atoms with Crippen LogP contribution in [-0.2, 0) is 5.41 Å². The molecular weight excluding hydrogens is 282 g/mol. The fourth-order valence-electron chi connectivity index (χ4n) is 2.50. The smallest absolute Gasteiger partial charge is 0.142 e. The maximum Gasteiger partial charge on any atom is 0.142 e. The first-order valence-corrected chi connectivity index (χ1v) is 7.69. The first kappa shape index (κ1) is 15.1. The summed E-state index contributed by atoms with van der Waals surface area (Å²) in [6, 6.07) is 22.0. The Balaban J connectivity index is 2.18. The molecule has 0 unspecified atom stereocenters. The Morgan fingerprint density at radius 3 is 2.09 bits per heavy atom. The van der Waals surface area contributed by atoms with Crippen LogP contribution in [0.15, 0.2) is 65.1 Å². The fraction of sp³-hybridized carbons (Fsp3) is 0.190. The molecule has 2 nitrogen and oxygen atoms in total. The Morgan fingerprint density at radius 1 is 0.870 bits per heavy atom. The molecular formula is C21H19NO. The molecule has 0 amide bonds. The lowest BCUT2D eigenvalue weighted by molar-refractivity contribution is 0.417.